The minimum absolute atomic E-state index is 0. The molecule has 0 N–H and O–H groups in total. The molecule has 3 nitrogen and oxygen atoms in total. The molecule has 5 heteroatoms. The Bertz CT molecular complexity index is 411. The third kappa shape index (κ3) is 4.45. The van der Waals surface area contributed by atoms with Crippen molar-refractivity contribution >= 4 is 0 Å². The van der Waals surface area contributed by atoms with E-state index >= 15 is 0 Å². The maximum absolute atomic E-state index is 8.66. The summed E-state index contributed by atoms with van der Waals surface area (Å²) in [4.78, 5) is 4.10. The monoisotopic (exact) mass is 430 g/mol. The predicted molar refractivity (Wildman–Crippen MR) is 57.9 cm³/mol. The molecule has 0 radical (unpaired) electrons. The molecule has 1 aromatic rings. The van der Waals surface area contributed by atoms with E-state index in [1.54, 1.807) is 0 Å². The van der Waals surface area contributed by atoms with Crippen LogP contribution in [-0.4, -0.2) is 16.8 Å². The Hall–Kier alpha value is -0.920. The van der Waals surface area contributed by atoms with Crippen molar-refractivity contribution in [2.45, 2.75) is 6.54 Å². The third-order valence-corrected chi connectivity index (χ3v) is 2.27. The largest absolute Gasteiger partial charge is 1.00 e. The summed E-state index contributed by atoms with van der Waals surface area (Å²) >= 11 is 0. The molecule has 1 aromatic carbocycles. The topological polar surface area (TPSA) is 30.3 Å². The molecule has 94 valence electrons. The summed E-state index contributed by atoms with van der Waals surface area (Å²) in [5.41, 5.74) is 1.90. The Balaban J connectivity index is 0.00000128. The zero-order valence-corrected chi connectivity index (χ0v) is 12.2. The molecule has 1 aliphatic rings. The van der Waals surface area contributed by atoms with Crippen molar-refractivity contribution in [3.63, 3.8) is 0 Å². The fraction of sp³-hybridized carbons (Fsp3) is 0.167. The number of hydrogen-bond donors (Lipinski definition) is 0. The molecule has 0 unspecified atom stereocenters. The van der Waals surface area contributed by atoms with Crippen molar-refractivity contribution in [1.29, 1.82) is 5.26 Å². The fourth-order valence-corrected chi connectivity index (χ4v) is 1.49. The standard InChI is InChI=1S/C12H12N3.Au.ClH/c1-14-6-7-15(10-14)9-12-4-2-11(8-13)3-5-12;;/h2-7,10H,9H2,1H3;;1H/q-1;+1;/p-1. The summed E-state index contributed by atoms with van der Waals surface area (Å²) < 4.78 is 0. The normalized spacial score (nSPS) is 12.7. The van der Waals surface area contributed by atoms with Gasteiger partial charge in [-0.15, -0.1) is 0 Å². The molecule has 0 saturated carbocycles. The van der Waals surface area contributed by atoms with Gasteiger partial charge in [-0.2, -0.15) is 11.9 Å². The van der Waals surface area contributed by atoms with Gasteiger partial charge in [-0.25, -0.2) is 0 Å². The van der Waals surface area contributed by atoms with Gasteiger partial charge in [-0.1, -0.05) is 12.1 Å². The zero-order valence-electron chi connectivity index (χ0n) is 9.27. The van der Waals surface area contributed by atoms with Gasteiger partial charge >= 0.3 is 22.4 Å². The van der Waals surface area contributed by atoms with Crippen LogP contribution in [0, 0.1) is 18.0 Å². The van der Waals surface area contributed by atoms with Crippen LogP contribution < -0.4 is 12.4 Å². The van der Waals surface area contributed by atoms with Gasteiger partial charge in [0.2, 0.25) is 0 Å². The molecule has 0 atom stereocenters. The molecule has 17 heavy (non-hydrogen) atoms. The van der Waals surface area contributed by atoms with Gasteiger partial charge in [0.1, 0.15) is 0 Å². The first-order valence-electron chi connectivity index (χ1n) is 4.78. The van der Waals surface area contributed by atoms with Crippen LogP contribution in [0.15, 0.2) is 36.7 Å². The molecule has 0 bridgehead atoms. The Morgan fingerprint density at radius 2 is 1.88 bits per heavy atom. The van der Waals surface area contributed by atoms with Crippen molar-refractivity contribution in [3.8, 4) is 6.07 Å². The fourth-order valence-electron chi connectivity index (χ4n) is 1.49. The first-order chi connectivity index (χ1) is 7.28. The van der Waals surface area contributed by atoms with Crippen molar-refractivity contribution < 1.29 is 34.8 Å². The Kier molecular flexibility index (Phi) is 7.01. The second kappa shape index (κ2) is 7.41. The Morgan fingerprint density at radius 1 is 1.24 bits per heavy atom. The van der Waals surface area contributed by atoms with Gasteiger partial charge in [0.25, 0.3) is 0 Å². The summed E-state index contributed by atoms with van der Waals surface area (Å²) in [6.45, 7) is 2.87. The molecule has 1 heterocycles. The van der Waals surface area contributed by atoms with Crippen LogP contribution in [0.2, 0.25) is 0 Å². The number of rotatable bonds is 2. The molecule has 0 aromatic heterocycles. The van der Waals surface area contributed by atoms with Crippen LogP contribution in [0.3, 0.4) is 0 Å². The summed E-state index contributed by atoms with van der Waals surface area (Å²) in [5, 5.41) is 8.66. The quantitative estimate of drug-likeness (QED) is 0.441. The van der Waals surface area contributed by atoms with E-state index in [4.69, 9.17) is 5.26 Å². The number of nitrogens with zero attached hydrogens (tertiary/aromatic N) is 3. The van der Waals surface area contributed by atoms with E-state index in [2.05, 4.69) is 11.0 Å². The molecule has 0 fully saturated rings. The van der Waals surface area contributed by atoms with Gasteiger partial charge < -0.3 is 22.2 Å². The van der Waals surface area contributed by atoms with E-state index in [9.17, 15) is 0 Å². The molecule has 0 aliphatic carbocycles. The smallest absolute Gasteiger partial charge is 1.00 e. The molecular weight excluding hydrogens is 419 g/mol. The van der Waals surface area contributed by atoms with E-state index in [1.807, 2.05) is 55.3 Å². The second-order valence-corrected chi connectivity index (χ2v) is 3.56. The van der Waals surface area contributed by atoms with Gasteiger partial charge in [-0.3, -0.25) is 0 Å². The van der Waals surface area contributed by atoms with Crippen molar-refractivity contribution in [2.24, 2.45) is 0 Å². The van der Waals surface area contributed by atoms with Crippen molar-refractivity contribution in [2.75, 3.05) is 7.05 Å². The van der Waals surface area contributed by atoms with Gasteiger partial charge in [0.15, 0.2) is 0 Å². The molecule has 0 saturated heterocycles. The van der Waals surface area contributed by atoms with Crippen molar-refractivity contribution in [1.82, 2.24) is 9.80 Å². The first kappa shape index (κ1) is 16.1. The summed E-state index contributed by atoms with van der Waals surface area (Å²) in [5.74, 6) is 0. The van der Waals surface area contributed by atoms with E-state index < -0.39 is 0 Å². The molecular formula is C12H12AuClN3-. The number of halogens is 1. The van der Waals surface area contributed by atoms with E-state index in [1.165, 1.54) is 5.56 Å². The van der Waals surface area contributed by atoms with E-state index in [0.29, 0.717) is 5.56 Å². The summed E-state index contributed by atoms with van der Waals surface area (Å²) in [6.07, 6.45) is 4.03. The van der Waals surface area contributed by atoms with Gasteiger partial charge in [0.05, 0.1) is 11.6 Å². The van der Waals surface area contributed by atoms with Crippen LogP contribution in [-0.2, 0) is 28.9 Å². The predicted octanol–water partition coefficient (Wildman–Crippen LogP) is -1.10. The molecule has 0 amide bonds. The number of hydrogen-bond acceptors (Lipinski definition) is 3. The van der Waals surface area contributed by atoms with E-state index in [0.717, 1.165) is 6.54 Å². The van der Waals surface area contributed by atoms with Gasteiger partial charge in [0, 0.05) is 6.54 Å². The molecule has 2 rings (SSSR count). The summed E-state index contributed by atoms with van der Waals surface area (Å²) in [6, 6.07) is 9.77. The van der Waals surface area contributed by atoms with Crippen LogP contribution in [0.1, 0.15) is 11.1 Å². The Labute approximate surface area is 124 Å². The second-order valence-electron chi connectivity index (χ2n) is 3.56. The third-order valence-electron chi connectivity index (χ3n) is 2.27. The number of benzene rings is 1. The zero-order chi connectivity index (χ0) is 10.7. The number of nitriles is 1. The SMILES string of the molecule is CN1C=CN(Cc2ccc(C#N)cc2)[CH-]1.[Au+].[Cl-]. The molecule has 0 spiro atoms. The van der Waals surface area contributed by atoms with Crippen LogP contribution in [0.4, 0.5) is 0 Å². The minimum atomic E-state index is 0. The van der Waals surface area contributed by atoms with Crippen LogP contribution in [0.25, 0.3) is 0 Å². The Morgan fingerprint density at radius 3 is 2.35 bits per heavy atom. The van der Waals surface area contributed by atoms with E-state index in [-0.39, 0.29) is 34.8 Å². The minimum Gasteiger partial charge on any atom is -1.00 e. The molecule has 1 aliphatic heterocycles. The average Bonchev–Trinajstić information content (AvgIpc) is 2.65. The van der Waals surface area contributed by atoms with Crippen LogP contribution in [0.5, 0.6) is 0 Å². The first-order valence-corrected chi connectivity index (χ1v) is 4.78. The average molecular weight is 431 g/mol. The van der Waals surface area contributed by atoms with Gasteiger partial charge in [-0.05, 0) is 37.1 Å². The maximum atomic E-state index is 8.66. The van der Waals surface area contributed by atoms with Crippen LogP contribution >= 0.6 is 0 Å². The maximum Gasteiger partial charge on any atom is 1.00 e. The summed E-state index contributed by atoms with van der Waals surface area (Å²) in [7, 11) is 2.00. The van der Waals surface area contributed by atoms with Crippen molar-refractivity contribution in [3.05, 3.63) is 54.5 Å².